The molecule has 7 nitrogen and oxygen atoms in total. The van der Waals surface area contributed by atoms with Crippen molar-refractivity contribution in [2.24, 2.45) is 0 Å². The van der Waals surface area contributed by atoms with Gasteiger partial charge in [0.05, 0.1) is 18.4 Å². The first kappa shape index (κ1) is 21.6. The van der Waals surface area contributed by atoms with Gasteiger partial charge in [-0.3, -0.25) is 10.1 Å². The first-order valence-corrected chi connectivity index (χ1v) is 10.2. The maximum atomic E-state index is 14.2. The maximum Gasteiger partial charge on any atom is 0.348 e. The predicted octanol–water partition coefficient (Wildman–Crippen LogP) is 3.60. The summed E-state index contributed by atoms with van der Waals surface area (Å²) in [5, 5.41) is 8.60. The average molecular weight is 431 g/mol. The number of halogens is 1. The number of ether oxygens (including phenoxy) is 1. The highest BCUT2D eigenvalue weighted by Gasteiger charge is 2.20. The molecule has 0 atom stereocenters. The van der Waals surface area contributed by atoms with Crippen LogP contribution in [0, 0.1) is 19.7 Å². The normalized spacial score (nSPS) is 10.8. The Hall–Kier alpha value is -3.07. The summed E-state index contributed by atoms with van der Waals surface area (Å²) in [5.41, 5.74) is 3.14. The lowest BCUT2D eigenvalue weighted by Gasteiger charge is -2.11. The molecule has 0 spiro atoms. The molecule has 3 aromatic rings. The zero-order valence-electron chi connectivity index (χ0n) is 17.2. The van der Waals surface area contributed by atoms with E-state index in [4.69, 9.17) is 17.0 Å². The van der Waals surface area contributed by atoms with Gasteiger partial charge in [0.2, 0.25) is 0 Å². The third-order valence-electron chi connectivity index (χ3n) is 4.58. The molecule has 2 heterocycles. The minimum atomic E-state index is -0.491. The molecule has 0 aliphatic carbocycles. The second-order valence-electron chi connectivity index (χ2n) is 7.00. The van der Waals surface area contributed by atoms with E-state index in [1.54, 1.807) is 16.6 Å². The van der Waals surface area contributed by atoms with Crippen molar-refractivity contribution in [2.45, 2.75) is 40.0 Å². The van der Waals surface area contributed by atoms with Gasteiger partial charge in [0, 0.05) is 18.7 Å². The maximum absolute atomic E-state index is 14.2. The molecule has 0 aliphatic heterocycles. The van der Waals surface area contributed by atoms with Gasteiger partial charge >= 0.3 is 5.65 Å². The number of amides is 1. The predicted molar refractivity (Wildman–Crippen MR) is 116 cm³/mol. The number of rotatable bonds is 7. The largest absolute Gasteiger partial charge is 0.491 e. The van der Waals surface area contributed by atoms with Crippen molar-refractivity contribution in [1.29, 1.82) is 0 Å². The van der Waals surface area contributed by atoms with E-state index >= 15 is 0 Å². The van der Waals surface area contributed by atoms with Gasteiger partial charge in [0.25, 0.3) is 5.91 Å². The molecular weight excluding hydrogens is 405 g/mol. The van der Waals surface area contributed by atoms with Crippen LogP contribution in [0.2, 0.25) is 0 Å². The van der Waals surface area contributed by atoms with Gasteiger partial charge in [-0.2, -0.15) is 0 Å². The highest BCUT2D eigenvalue weighted by Crippen LogP contribution is 2.21. The van der Waals surface area contributed by atoms with Crippen molar-refractivity contribution in [3.63, 3.8) is 0 Å². The molecule has 1 amide bonds. The van der Waals surface area contributed by atoms with E-state index in [2.05, 4.69) is 27.6 Å². The lowest BCUT2D eigenvalue weighted by atomic mass is 10.2. The van der Waals surface area contributed by atoms with Gasteiger partial charge in [-0.25, -0.2) is 9.49 Å². The number of carbonyl (C=O) groups is 1. The van der Waals surface area contributed by atoms with E-state index in [0.717, 1.165) is 30.6 Å². The number of thiocarbonyl (C=S) groups is 1. The smallest absolute Gasteiger partial charge is 0.348 e. The van der Waals surface area contributed by atoms with E-state index in [-0.39, 0.29) is 10.9 Å². The highest BCUT2D eigenvalue weighted by molar-refractivity contribution is 7.80. The standard InChI is InChI=1S/C21H24FN5O2S/c1-4-5-6-9-29-18-8-7-15(11-17(18)22)24-21(30)25-20(28)16-12-23-19-10-13(2)26-27(19)14(16)3/h7-8,10-12H,4-6,9H2,1-3H3,(H2,24,25,28,30)/p+1. The van der Waals surface area contributed by atoms with Gasteiger partial charge in [0.15, 0.2) is 22.9 Å². The van der Waals surface area contributed by atoms with Crippen LogP contribution in [0.1, 0.15) is 47.9 Å². The van der Waals surface area contributed by atoms with Crippen LogP contribution < -0.4 is 19.9 Å². The summed E-state index contributed by atoms with van der Waals surface area (Å²) in [6.07, 6.45) is 4.50. The molecule has 0 unspecified atom stereocenters. The number of anilines is 1. The molecule has 30 heavy (non-hydrogen) atoms. The lowest BCUT2D eigenvalue weighted by Crippen LogP contribution is -2.38. The zero-order valence-corrected chi connectivity index (χ0v) is 18.0. The summed E-state index contributed by atoms with van der Waals surface area (Å²) < 4.78 is 21.4. The summed E-state index contributed by atoms with van der Waals surface area (Å²) in [4.78, 5) is 16.9. The van der Waals surface area contributed by atoms with Crippen LogP contribution in [0.15, 0.2) is 30.5 Å². The van der Waals surface area contributed by atoms with Crippen LogP contribution in [-0.4, -0.2) is 27.7 Å². The Morgan fingerprint density at radius 3 is 2.83 bits per heavy atom. The Bertz CT molecular complexity index is 1080. The highest BCUT2D eigenvalue weighted by atomic mass is 32.1. The minimum Gasteiger partial charge on any atom is -0.491 e. The molecule has 0 saturated carbocycles. The quantitative estimate of drug-likeness (QED) is 0.303. The van der Waals surface area contributed by atoms with Crippen LogP contribution in [0.3, 0.4) is 0 Å². The van der Waals surface area contributed by atoms with E-state index in [1.807, 2.05) is 19.9 Å². The van der Waals surface area contributed by atoms with Crippen molar-refractivity contribution in [3.05, 3.63) is 53.2 Å². The van der Waals surface area contributed by atoms with E-state index in [0.29, 0.717) is 23.6 Å². The van der Waals surface area contributed by atoms with Gasteiger partial charge in [-0.15, -0.1) is 4.52 Å². The number of aromatic nitrogens is 3. The first-order valence-electron chi connectivity index (χ1n) is 9.80. The number of nitrogens with one attached hydrogen (secondary N) is 3. The van der Waals surface area contributed by atoms with Crippen molar-refractivity contribution < 1.29 is 18.4 Å². The van der Waals surface area contributed by atoms with Crippen molar-refractivity contribution in [1.82, 2.24) is 15.4 Å². The number of carbonyl (C=O) groups excluding carboxylic acids is 1. The van der Waals surface area contributed by atoms with Gasteiger partial charge < -0.3 is 10.1 Å². The number of aromatic amines is 1. The molecule has 0 bridgehead atoms. The van der Waals surface area contributed by atoms with Gasteiger partial charge in [-0.05, 0) is 42.7 Å². The fourth-order valence-electron chi connectivity index (χ4n) is 3.00. The lowest BCUT2D eigenvalue weighted by molar-refractivity contribution is -0.586. The number of nitrogens with zero attached hydrogens (tertiary/aromatic N) is 2. The molecule has 3 rings (SSSR count). The van der Waals surface area contributed by atoms with Crippen LogP contribution in [-0.2, 0) is 0 Å². The molecule has 9 heteroatoms. The van der Waals surface area contributed by atoms with E-state index in [9.17, 15) is 9.18 Å². The summed E-state index contributed by atoms with van der Waals surface area (Å²) >= 11 is 5.20. The number of hydrogen-bond acceptors (Lipinski definition) is 4. The SMILES string of the molecule is CCCCCOc1ccc(NC(=S)NC(=O)c2cnc3cc(C)[nH][n+]3c2C)cc1F. The third kappa shape index (κ3) is 5.10. The minimum absolute atomic E-state index is 0.0585. The van der Waals surface area contributed by atoms with E-state index in [1.165, 1.54) is 12.3 Å². The molecule has 2 aromatic heterocycles. The molecule has 0 aliphatic rings. The average Bonchev–Trinajstić information content (AvgIpc) is 3.08. The van der Waals surface area contributed by atoms with Crippen LogP contribution in [0.5, 0.6) is 5.75 Å². The first-order chi connectivity index (χ1) is 14.4. The van der Waals surface area contributed by atoms with Gasteiger partial charge in [-0.1, -0.05) is 19.8 Å². The molecule has 0 radical (unpaired) electrons. The molecule has 0 fully saturated rings. The zero-order chi connectivity index (χ0) is 21.7. The Balaban J connectivity index is 1.62. The van der Waals surface area contributed by atoms with Crippen molar-refractivity contribution in [3.8, 4) is 5.75 Å². The second-order valence-corrected chi connectivity index (χ2v) is 7.41. The molecule has 3 N–H and O–H groups in total. The number of hydrogen-bond donors (Lipinski definition) is 3. The summed E-state index contributed by atoms with van der Waals surface area (Å²) in [6.45, 7) is 6.29. The molecule has 0 saturated heterocycles. The van der Waals surface area contributed by atoms with E-state index < -0.39 is 11.7 Å². The fourth-order valence-corrected chi connectivity index (χ4v) is 3.22. The third-order valence-corrected chi connectivity index (χ3v) is 4.78. The van der Waals surface area contributed by atoms with Crippen LogP contribution in [0.4, 0.5) is 10.1 Å². The number of fused-ring (bicyclic) bond motifs is 1. The number of aryl methyl sites for hydroxylation is 2. The van der Waals surface area contributed by atoms with Gasteiger partial charge in [0.1, 0.15) is 11.3 Å². The summed E-state index contributed by atoms with van der Waals surface area (Å²) in [6, 6.07) is 6.35. The number of unbranched alkanes of at least 4 members (excludes halogenated alkanes) is 2. The van der Waals surface area contributed by atoms with Crippen molar-refractivity contribution in [2.75, 3.05) is 11.9 Å². The van der Waals surface area contributed by atoms with Crippen LogP contribution >= 0.6 is 12.2 Å². The molecular formula is C21H25FN5O2S+. The fraction of sp³-hybridized carbons (Fsp3) is 0.333. The number of H-pyrrole nitrogens is 1. The molecule has 1 aromatic carbocycles. The summed E-state index contributed by atoms with van der Waals surface area (Å²) in [5.74, 6) is -0.704. The summed E-state index contributed by atoms with van der Waals surface area (Å²) in [7, 11) is 0. The Kier molecular flexibility index (Phi) is 6.94. The van der Waals surface area contributed by atoms with Crippen LogP contribution in [0.25, 0.3) is 5.65 Å². The second kappa shape index (κ2) is 9.62. The number of benzene rings is 1. The monoisotopic (exact) mass is 430 g/mol. The Morgan fingerprint density at radius 2 is 2.10 bits per heavy atom. The Morgan fingerprint density at radius 1 is 1.30 bits per heavy atom. The Labute approximate surface area is 179 Å². The van der Waals surface area contributed by atoms with Crippen molar-refractivity contribution >= 4 is 34.6 Å². The topological polar surface area (TPSA) is 83.1 Å². The molecule has 158 valence electrons.